The lowest BCUT2D eigenvalue weighted by Gasteiger charge is -2.14. The molecule has 0 aliphatic carbocycles. The highest BCUT2D eigenvalue weighted by molar-refractivity contribution is 7.07. The molecule has 0 saturated carbocycles. The highest BCUT2D eigenvalue weighted by atomic mass is 32.1. The monoisotopic (exact) mass is 229 g/mol. The zero-order valence-electron chi connectivity index (χ0n) is 8.74. The van der Waals surface area contributed by atoms with Crippen LogP contribution in [0.1, 0.15) is 19.5 Å². The smallest absolute Gasteiger partial charge is 0.304 e. The summed E-state index contributed by atoms with van der Waals surface area (Å²) in [5.41, 5.74) is 6.31. The molecule has 2 unspecified atom stereocenters. The number of aromatic amines is 1. The Morgan fingerprint density at radius 2 is 2.33 bits per heavy atom. The number of nitrogens with two attached hydrogens (primary N) is 1. The molecule has 84 valence electrons. The van der Waals surface area contributed by atoms with Gasteiger partial charge in [0.1, 0.15) is 0 Å². The average molecular weight is 229 g/mol. The summed E-state index contributed by atoms with van der Waals surface area (Å²) < 4.78 is 0. The third kappa shape index (κ3) is 3.49. The van der Waals surface area contributed by atoms with E-state index in [2.05, 4.69) is 10.3 Å². The Labute approximate surface area is 91.7 Å². The first-order valence-electron chi connectivity index (χ1n) is 4.70. The number of carbonyl (C=O) groups excluding carboxylic acids is 1. The quantitative estimate of drug-likeness (QED) is 0.681. The molecule has 5 nitrogen and oxygen atoms in total. The van der Waals surface area contributed by atoms with Crippen LogP contribution < -0.4 is 15.9 Å². The molecule has 0 radical (unpaired) electrons. The molecule has 6 heteroatoms. The summed E-state index contributed by atoms with van der Waals surface area (Å²) in [6.07, 6.45) is 0. The van der Waals surface area contributed by atoms with Crippen molar-refractivity contribution in [2.75, 3.05) is 0 Å². The first-order valence-corrected chi connectivity index (χ1v) is 5.58. The maximum Gasteiger partial charge on any atom is 0.304 e. The number of thiazole rings is 1. The normalized spacial score (nSPS) is 14.6. The number of rotatable bonds is 4. The summed E-state index contributed by atoms with van der Waals surface area (Å²) in [6.45, 7) is 3.90. The Balaban J connectivity index is 2.44. The minimum Gasteiger partial charge on any atom is -0.350 e. The lowest BCUT2D eigenvalue weighted by atomic mass is 10.0. The number of amides is 1. The molecule has 2 atom stereocenters. The van der Waals surface area contributed by atoms with E-state index in [-0.39, 0.29) is 22.7 Å². The van der Waals surface area contributed by atoms with Gasteiger partial charge in [0.15, 0.2) is 0 Å². The van der Waals surface area contributed by atoms with Gasteiger partial charge in [-0.25, -0.2) is 0 Å². The Hall–Kier alpha value is -1.14. The highest BCUT2D eigenvalue weighted by Crippen LogP contribution is 2.01. The van der Waals surface area contributed by atoms with E-state index >= 15 is 0 Å². The van der Waals surface area contributed by atoms with E-state index in [0.717, 1.165) is 17.0 Å². The standard InChI is InChI=1S/C9H15N3O2S/c1-5(6(2)10)8(13)11-3-7-4-15-9(14)12-7/h4-6H,3,10H2,1-2H3,(H,11,13)(H,12,14). The summed E-state index contributed by atoms with van der Waals surface area (Å²) in [5.74, 6) is -0.326. The Kier molecular flexibility index (Phi) is 4.05. The van der Waals surface area contributed by atoms with Crippen LogP contribution in [0.25, 0.3) is 0 Å². The van der Waals surface area contributed by atoms with Crippen LogP contribution in [0.4, 0.5) is 0 Å². The van der Waals surface area contributed by atoms with E-state index in [9.17, 15) is 9.59 Å². The van der Waals surface area contributed by atoms with Crippen molar-refractivity contribution in [1.82, 2.24) is 10.3 Å². The van der Waals surface area contributed by atoms with E-state index in [1.165, 1.54) is 0 Å². The Morgan fingerprint density at radius 1 is 1.67 bits per heavy atom. The van der Waals surface area contributed by atoms with E-state index < -0.39 is 0 Å². The van der Waals surface area contributed by atoms with Crippen LogP contribution in [0.2, 0.25) is 0 Å². The summed E-state index contributed by atoms with van der Waals surface area (Å²) in [6, 6.07) is -0.175. The van der Waals surface area contributed by atoms with Crippen molar-refractivity contribution in [3.05, 3.63) is 20.7 Å². The first kappa shape index (κ1) is 11.9. The van der Waals surface area contributed by atoms with Crippen molar-refractivity contribution >= 4 is 17.2 Å². The fourth-order valence-electron chi connectivity index (χ4n) is 0.983. The van der Waals surface area contributed by atoms with Crippen molar-refractivity contribution in [1.29, 1.82) is 0 Å². The lowest BCUT2D eigenvalue weighted by molar-refractivity contribution is -0.125. The molecule has 0 aromatic carbocycles. The summed E-state index contributed by atoms with van der Waals surface area (Å²) in [7, 11) is 0. The predicted octanol–water partition coefficient (Wildman–Crippen LogP) is 0.0359. The van der Waals surface area contributed by atoms with Gasteiger partial charge in [-0.1, -0.05) is 18.3 Å². The van der Waals surface area contributed by atoms with Gasteiger partial charge in [-0.05, 0) is 6.92 Å². The fraction of sp³-hybridized carbons (Fsp3) is 0.556. The molecular weight excluding hydrogens is 214 g/mol. The summed E-state index contributed by atoms with van der Waals surface area (Å²) >= 11 is 1.08. The summed E-state index contributed by atoms with van der Waals surface area (Å²) in [4.78, 5) is 24.8. The fourth-order valence-corrected chi connectivity index (χ4v) is 1.56. The third-order valence-electron chi connectivity index (χ3n) is 2.23. The second-order valence-corrected chi connectivity index (χ2v) is 4.38. The molecule has 0 aliphatic heterocycles. The van der Waals surface area contributed by atoms with Gasteiger partial charge in [0.25, 0.3) is 0 Å². The van der Waals surface area contributed by atoms with Crippen LogP contribution in [0.3, 0.4) is 0 Å². The van der Waals surface area contributed by atoms with Gasteiger partial charge in [-0.15, -0.1) is 0 Å². The molecule has 1 aromatic rings. The van der Waals surface area contributed by atoms with Crippen LogP contribution in [0.5, 0.6) is 0 Å². The highest BCUT2D eigenvalue weighted by Gasteiger charge is 2.16. The van der Waals surface area contributed by atoms with Gasteiger partial charge in [-0.3, -0.25) is 9.59 Å². The largest absolute Gasteiger partial charge is 0.350 e. The number of hydrogen-bond acceptors (Lipinski definition) is 4. The van der Waals surface area contributed by atoms with Crippen LogP contribution in [0.15, 0.2) is 10.2 Å². The van der Waals surface area contributed by atoms with E-state index in [4.69, 9.17) is 5.73 Å². The number of carbonyl (C=O) groups is 1. The number of aromatic nitrogens is 1. The second kappa shape index (κ2) is 5.09. The number of H-pyrrole nitrogens is 1. The van der Waals surface area contributed by atoms with Gasteiger partial charge >= 0.3 is 4.87 Å². The molecule has 0 spiro atoms. The molecular formula is C9H15N3O2S. The topological polar surface area (TPSA) is 88.0 Å². The SMILES string of the molecule is CC(N)C(C)C(=O)NCc1csc(=O)[nH]1. The maximum absolute atomic E-state index is 11.5. The van der Waals surface area contributed by atoms with Crippen LogP contribution >= 0.6 is 11.3 Å². The van der Waals surface area contributed by atoms with Crippen molar-refractivity contribution in [2.45, 2.75) is 26.4 Å². The van der Waals surface area contributed by atoms with Crippen LogP contribution in [-0.2, 0) is 11.3 Å². The molecule has 15 heavy (non-hydrogen) atoms. The molecule has 1 rings (SSSR count). The Morgan fingerprint density at radius 3 is 2.80 bits per heavy atom. The maximum atomic E-state index is 11.5. The predicted molar refractivity (Wildman–Crippen MR) is 59.6 cm³/mol. The van der Waals surface area contributed by atoms with Crippen LogP contribution in [0, 0.1) is 5.92 Å². The van der Waals surface area contributed by atoms with Gasteiger partial charge < -0.3 is 16.0 Å². The van der Waals surface area contributed by atoms with Gasteiger partial charge in [-0.2, -0.15) is 0 Å². The van der Waals surface area contributed by atoms with Gasteiger partial charge in [0.05, 0.1) is 6.54 Å². The van der Waals surface area contributed by atoms with E-state index in [0.29, 0.717) is 6.54 Å². The zero-order chi connectivity index (χ0) is 11.4. The van der Waals surface area contributed by atoms with Gasteiger partial charge in [0.2, 0.25) is 5.91 Å². The number of hydrogen-bond donors (Lipinski definition) is 3. The molecule has 0 aliphatic rings. The second-order valence-electron chi connectivity index (χ2n) is 3.54. The molecule has 1 amide bonds. The zero-order valence-corrected chi connectivity index (χ0v) is 9.56. The average Bonchev–Trinajstić information content (AvgIpc) is 2.59. The number of nitrogens with one attached hydrogen (secondary N) is 2. The molecule has 4 N–H and O–H groups in total. The van der Waals surface area contributed by atoms with Crippen molar-refractivity contribution in [2.24, 2.45) is 11.7 Å². The van der Waals surface area contributed by atoms with E-state index in [1.54, 1.807) is 19.2 Å². The van der Waals surface area contributed by atoms with E-state index in [1.807, 2.05) is 0 Å². The van der Waals surface area contributed by atoms with Crippen molar-refractivity contribution in [3.63, 3.8) is 0 Å². The molecule has 1 heterocycles. The minimum absolute atomic E-state index is 0.1000. The van der Waals surface area contributed by atoms with Crippen LogP contribution in [-0.4, -0.2) is 16.9 Å². The Bertz CT molecular complexity index is 383. The molecule has 0 fully saturated rings. The summed E-state index contributed by atoms with van der Waals surface area (Å²) in [5, 5.41) is 4.40. The third-order valence-corrected chi connectivity index (χ3v) is 2.94. The van der Waals surface area contributed by atoms with Crippen molar-refractivity contribution in [3.8, 4) is 0 Å². The lowest BCUT2D eigenvalue weighted by Crippen LogP contribution is -2.38. The first-order chi connectivity index (χ1) is 7.00. The minimum atomic E-state index is -0.227. The molecule has 0 bridgehead atoms. The van der Waals surface area contributed by atoms with Crippen molar-refractivity contribution < 1.29 is 4.79 Å². The molecule has 1 aromatic heterocycles. The van der Waals surface area contributed by atoms with Gasteiger partial charge in [0, 0.05) is 23.0 Å². The molecule has 0 saturated heterocycles.